The van der Waals surface area contributed by atoms with Crippen LogP contribution in [-0.2, 0) is 16.5 Å². The van der Waals surface area contributed by atoms with Gasteiger partial charge in [-0.3, -0.25) is 9.34 Å². The van der Waals surface area contributed by atoms with Crippen LogP contribution in [0.15, 0.2) is 23.1 Å². The molecule has 0 unspecified atom stereocenters. The highest BCUT2D eigenvalue weighted by atomic mass is 32.1. The molecule has 2 saturated heterocycles. The molecule has 3 heterocycles. The van der Waals surface area contributed by atoms with Gasteiger partial charge in [0.15, 0.2) is 4.99 Å². The summed E-state index contributed by atoms with van der Waals surface area (Å²) in [6.45, 7) is 13.6. The van der Waals surface area contributed by atoms with Gasteiger partial charge in [0.2, 0.25) is 0 Å². The largest absolute Gasteiger partial charge is 0.379 e. The Morgan fingerprint density at radius 2 is 1.54 bits per heavy atom. The van der Waals surface area contributed by atoms with Gasteiger partial charge in [-0.05, 0) is 12.1 Å². The molecule has 2 fully saturated rings. The van der Waals surface area contributed by atoms with Crippen LogP contribution >= 0.6 is 19.6 Å². The first kappa shape index (κ1) is 20.2. The van der Waals surface area contributed by atoms with E-state index >= 15 is 0 Å². The number of hydrogen-bond donors (Lipinski definition) is 0. The molecular formula is C18H31N4O2PS. The molecule has 0 radical (unpaired) electrons. The van der Waals surface area contributed by atoms with Gasteiger partial charge < -0.3 is 14.0 Å². The minimum absolute atomic E-state index is 0.0170. The van der Waals surface area contributed by atoms with E-state index in [1.165, 1.54) is 0 Å². The van der Waals surface area contributed by atoms with Crippen molar-refractivity contribution in [1.82, 2.24) is 13.9 Å². The van der Waals surface area contributed by atoms with Gasteiger partial charge in [0.1, 0.15) is 7.36 Å². The van der Waals surface area contributed by atoms with Crippen LogP contribution in [0.25, 0.3) is 0 Å². The predicted octanol–water partition coefficient (Wildman–Crippen LogP) is 3.19. The van der Waals surface area contributed by atoms with Crippen molar-refractivity contribution < 1.29 is 9.47 Å². The van der Waals surface area contributed by atoms with E-state index in [2.05, 4.69) is 40.7 Å². The zero-order chi connectivity index (χ0) is 18.8. The molecule has 0 bridgehead atoms. The monoisotopic (exact) mass is 398 g/mol. The first-order valence-corrected chi connectivity index (χ1v) is 11.4. The maximum atomic E-state index is 5.84. The average Bonchev–Trinajstić information content (AvgIpc) is 3.06. The lowest BCUT2D eigenvalue weighted by atomic mass is 10.3. The van der Waals surface area contributed by atoms with Gasteiger partial charge in [-0.25, -0.2) is 4.74 Å². The smallest absolute Gasteiger partial charge is 0.151 e. The number of thiocarbonyl (C=S) groups is 1. The van der Waals surface area contributed by atoms with Crippen LogP contribution in [0.4, 0.5) is 0 Å². The number of morpholine rings is 2. The summed E-state index contributed by atoms with van der Waals surface area (Å²) < 4.78 is 23.9. The maximum Gasteiger partial charge on any atom is 0.151 e. The van der Waals surface area contributed by atoms with Crippen molar-refractivity contribution in [3.8, 4) is 0 Å². The molecule has 1 aromatic rings. The summed E-state index contributed by atoms with van der Waals surface area (Å²) in [7, 11) is -0.0451. The van der Waals surface area contributed by atoms with E-state index in [0.29, 0.717) is 4.99 Å². The molecular weight excluding hydrogens is 367 g/mol. The van der Waals surface area contributed by atoms with Gasteiger partial charge in [-0.2, -0.15) is 0 Å². The van der Waals surface area contributed by atoms with E-state index in [1.807, 2.05) is 19.3 Å². The number of aryl methyl sites for hydroxylation is 1. The summed E-state index contributed by atoms with van der Waals surface area (Å²) >= 11 is 5.84. The molecule has 0 saturated carbocycles. The van der Waals surface area contributed by atoms with Gasteiger partial charge in [-0.1, -0.05) is 33.0 Å². The van der Waals surface area contributed by atoms with Crippen LogP contribution in [0, 0.1) is 0 Å². The molecule has 0 spiro atoms. The van der Waals surface area contributed by atoms with Gasteiger partial charge in [0.05, 0.1) is 32.1 Å². The summed E-state index contributed by atoms with van der Waals surface area (Å²) in [5, 5.41) is -0.0170. The summed E-state index contributed by atoms with van der Waals surface area (Å²) in [4.78, 5) is 0.707. The Bertz CT molecular complexity index is 664. The Kier molecular flexibility index (Phi) is 6.37. The Labute approximate surface area is 162 Å². The minimum atomic E-state index is -2.07. The van der Waals surface area contributed by atoms with E-state index in [4.69, 9.17) is 26.4 Å². The lowest BCUT2D eigenvalue weighted by Crippen LogP contribution is -2.48. The van der Waals surface area contributed by atoms with Gasteiger partial charge in [0.25, 0.3) is 0 Å². The van der Waals surface area contributed by atoms with Crippen LogP contribution in [0.5, 0.6) is 0 Å². The molecule has 2 aliphatic rings. The molecule has 146 valence electrons. The Balaban J connectivity index is 2.13. The highest BCUT2D eigenvalue weighted by molar-refractivity contribution is 7.81. The number of ether oxygens (including phenoxy) is 2. The second-order valence-corrected chi connectivity index (χ2v) is 12.0. The highest BCUT2D eigenvalue weighted by Crippen LogP contribution is 2.66. The molecule has 26 heavy (non-hydrogen) atoms. The molecule has 0 aliphatic carbocycles. The first-order valence-electron chi connectivity index (χ1n) is 9.31. The minimum Gasteiger partial charge on any atom is -0.379 e. The van der Waals surface area contributed by atoms with Crippen molar-refractivity contribution in [3.63, 3.8) is 0 Å². The standard InChI is InChI=1S/C18H31N4O2PS/c1-18(2,3)25(21-8-12-23-13-9-21,22-10-14-24-15-11-22)19-17(26)16-6-5-7-20(16)4/h5-7H,8-15H2,1-4H3. The van der Waals surface area contributed by atoms with Crippen LogP contribution in [0.2, 0.25) is 0 Å². The number of rotatable bonds is 3. The van der Waals surface area contributed by atoms with Gasteiger partial charge in [0, 0.05) is 44.6 Å². The summed E-state index contributed by atoms with van der Waals surface area (Å²) in [5.41, 5.74) is 1.01. The SMILES string of the molecule is Cn1cccc1C(=S)N=P(N1CCOCC1)(N1CCOCC1)C(C)(C)C. The molecule has 2 aliphatic heterocycles. The molecule has 0 amide bonds. The Morgan fingerprint density at radius 3 is 1.92 bits per heavy atom. The average molecular weight is 399 g/mol. The van der Waals surface area contributed by atoms with Crippen molar-refractivity contribution in [2.75, 3.05) is 52.6 Å². The summed E-state index contributed by atoms with van der Waals surface area (Å²) in [6, 6.07) is 4.08. The third-order valence-electron chi connectivity index (χ3n) is 5.06. The third-order valence-corrected chi connectivity index (χ3v) is 10.1. The molecule has 6 nitrogen and oxygen atoms in total. The lowest BCUT2D eigenvalue weighted by Gasteiger charge is -2.52. The highest BCUT2D eigenvalue weighted by Gasteiger charge is 2.45. The van der Waals surface area contributed by atoms with Crippen LogP contribution in [0.1, 0.15) is 26.5 Å². The van der Waals surface area contributed by atoms with Crippen LogP contribution < -0.4 is 0 Å². The fourth-order valence-electron chi connectivity index (χ4n) is 3.83. The molecule has 3 rings (SSSR count). The van der Waals surface area contributed by atoms with Crippen molar-refractivity contribution >= 4 is 24.6 Å². The lowest BCUT2D eigenvalue weighted by molar-refractivity contribution is 0.0551. The third kappa shape index (κ3) is 3.84. The van der Waals surface area contributed by atoms with E-state index < -0.39 is 7.36 Å². The molecule has 1 aromatic heterocycles. The predicted molar refractivity (Wildman–Crippen MR) is 111 cm³/mol. The number of hydrogen-bond acceptors (Lipinski definition) is 3. The zero-order valence-electron chi connectivity index (χ0n) is 16.3. The second kappa shape index (κ2) is 8.21. The van der Waals surface area contributed by atoms with E-state index in [0.717, 1.165) is 58.3 Å². The fourth-order valence-corrected chi connectivity index (χ4v) is 8.79. The van der Waals surface area contributed by atoms with Gasteiger partial charge >= 0.3 is 0 Å². The normalized spacial score (nSPS) is 20.9. The number of aromatic nitrogens is 1. The zero-order valence-corrected chi connectivity index (χ0v) is 18.1. The summed E-state index contributed by atoms with van der Waals surface area (Å²) in [5.74, 6) is 0. The second-order valence-electron chi connectivity index (χ2n) is 7.78. The summed E-state index contributed by atoms with van der Waals surface area (Å²) in [6.07, 6.45) is 2.03. The maximum absolute atomic E-state index is 5.84. The van der Waals surface area contributed by atoms with Gasteiger partial charge in [-0.15, -0.1) is 0 Å². The Morgan fingerprint density at radius 1 is 1.04 bits per heavy atom. The topological polar surface area (TPSA) is 42.2 Å². The van der Waals surface area contributed by atoms with Crippen molar-refractivity contribution in [1.29, 1.82) is 0 Å². The van der Waals surface area contributed by atoms with Crippen molar-refractivity contribution in [3.05, 3.63) is 24.0 Å². The Hall–Kier alpha value is -0.560. The quantitative estimate of drug-likeness (QED) is 0.578. The van der Waals surface area contributed by atoms with Crippen molar-refractivity contribution in [2.24, 2.45) is 11.8 Å². The molecule has 0 aromatic carbocycles. The molecule has 8 heteroatoms. The fraction of sp³-hybridized carbons (Fsp3) is 0.722. The number of nitrogens with zero attached hydrogens (tertiary/aromatic N) is 4. The first-order chi connectivity index (χ1) is 12.4. The van der Waals surface area contributed by atoms with Crippen LogP contribution in [0.3, 0.4) is 0 Å². The molecule has 0 atom stereocenters. The van der Waals surface area contributed by atoms with E-state index in [1.54, 1.807) is 0 Å². The van der Waals surface area contributed by atoms with E-state index in [-0.39, 0.29) is 5.16 Å². The van der Waals surface area contributed by atoms with Crippen molar-refractivity contribution in [2.45, 2.75) is 25.9 Å². The van der Waals surface area contributed by atoms with Crippen LogP contribution in [-0.4, -0.2) is 76.7 Å². The molecule has 0 N–H and O–H groups in total. The van der Waals surface area contributed by atoms with E-state index in [9.17, 15) is 0 Å².